The van der Waals surface area contributed by atoms with Crippen LogP contribution in [0.4, 0.5) is 4.79 Å². The Balaban J connectivity index is 2.48. The van der Waals surface area contributed by atoms with Crippen LogP contribution in [0.3, 0.4) is 0 Å². The van der Waals surface area contributed by atoms with Crippen LogP contribution in [0.1, 0.15) is 0 Å². The topological polar surface area (TPSA) is 86.7 Å². The second-order valence-corrected chi connectivity index (χ2v) is 3.88. The molecule has 1 rings (SSSR count). The molecule has 0 aromatic heterocycles. The molecule has 0 aromatic rings. The van der Waals surface area contributed by atoms with E-state index in [1.807, 2.05) is 0 Å². The highest BCUT2D eigenvalue weighted by Crippen LogP contribution is 2.14. The minimum absolute atomic E-state index is 0.243. The predicted octanol–water partition coefficient (Wildman–Crippen LogP) is -0.646. The summed E-state index contributed by atoms with van der Waals surface area (Å²) in [5.74, 6) is -1.08. The number of likely N-dealkylation sites (N-methyl/N-ethyl adjacent to an activating group) is 1. The zero-order valence-electron chi connectivity index (χ0n) is 7.52. The molecule has 6 nitrogen and oxygen atoms in total. The van der Waals surface area contributed by atoms with E-state index in [1.54, 1.807) is 0 Å². The summed E-state index contributed by atoms with van der Waals surface area (Å²) in [5, 5.41) is 10.6. The van der Waals surface area contributed by atoms with E-state index in [1.165, 1.54) is 7.05 Å². The Morgan fingerprint density at radius 2 is 2.36 bits per heavy atom. The molecule has 1 atom stereocenters. The molecule has 1 saturated heterocycles. The largest absolute Gasteiger partial charge is 0.480 e. The molecule has 0 aromatic carbocycles. The molecule has 0 aliphatic carbocycles. The lowest BCUT2D eigenvalue weighted by Crippen LogP contribution is -2.45. The number of carbonyl (C=O) groups is 3. The molecule has 2 amide bonds. The van der Waals surface area contributed by atoms with Gasteiger partial charge < -0.3 is 15.3 Å². The molecule has 0 radical (unpaired) electrons. The molecule has 1 aliphatic heterocycles. The number of amides is 2. The van der Waals surface area contributed by atoms with Gasteiger partial charge in [-0.15, -0.1) is 0 Å². The SMILES string of the molecule is CN(CC(=O)O)C(=O)[C@@H]1CSC(=O)N1. The van der Waals surface area contributed by atoms with Gasteiger partial charge in [0.1, 0.15) is 12.6 Å². The van der Waals surface area contributed by atoms with Crippen molar-refractivity contribution < 1.29 is 19.5 Å². The minimum Gasteiger partial charge on any atom is -0.480 e. The smallest absolute Gasteiger partial charge is 0.323 e. The van der Waals surface area contributed by atoms with Crippen molar-refractivity contribution in [1.82, 2.24) is 10.2 Å². The van der Waals surface area contributed by atoms with Crippen molar-refractivity contribution in [2.45, 2.75) is 6.04 Å². The quantitative estimate of drug-likeness (QED) is 0.657. The predicted molar refractivity (Wildman–Crippen MR) is 50.1 cm³/mol. The fourth-order valence-electron chi connectivity index (χ4n) is 1.06. The van der Waals surface area contributed by atoms with E-state index in [4.69, 9.17) is 5.11 Å². The summed E-state index contributed by atoms with van der Waals surface area (Å²) >= 11 is 1.03. The van der Waals surface area contributed by atoms with Gasteiger partial charge in [-0.3, -0.25) is 14.4 Å². The Morgan fingerprint density at radius 3 is 2.79 bits per heavy atom. The number of thioether (sulfide) groups is 1. The van der Waals surface area contributed by atoms with Crippen molar-refractivity contribution >= 4 is 28.9 Å². The van der Waals surface area contributed by atoms with E-state index < -0.39 is 12.0 Å². The van der Waals surface area contributed by atoms with Gasteiger partial charge in [0.05, 0.1) is 0 Å². The maximum atomic E-state index is 11.5. The normalized spacial score (nSPS) is 20.4. The average molecular weight is 218 g/mol. The van der Waals surface area contributed by atoms with Gasteiger partial charge in [-0.1, -0.05) is 11.8 Å². The zero-order chi connectivity index (χ0) is 10.7. The lowest BCUT2D eigenvalue weighted by atomic mass is 10.3. The molecular formula is C7H10N2O4S. The fraction of sp³-hybridized carbons (Fsp3) is 0.571. The number of carbonyl (C=O) groups excluding carboxylic acids is 2. The highest BCUT2D eigenvalue weighted by atomic mass is 32.2. The number of carboxylic acids is 1. The van der Waals surface area contributed by atoms with E-state index in [9.17, 15) is 14.4 Å². The fourth-order valence-corrected chi connectivity index (χ4v) is 1.83. The van der Waals surface area contributed by atoms with Crippen LogP contribution in [0.15, 0.2) is 0 Å². The lowest BCUT2D eigenvalue weighted by Gasteiger charge is -2.18. The molecule has 14 heavy (non-hydrogen) atoms. The van der Waals surface area contributed by atoms with Gasteiger partial charge in [-0.25, -0.2) is 0 Å². The summed E-state index contributed by atoms with van der Waals surface area (Å²) in [5.41, 5.74) is 0. The Labute approximate surface area is 84.6 Å². The average Bonchev–Trinajstić information content (AvgIpc) is 2.49. The molecule has 1 aliphatic rings. The van der Waals surface area contributed by atoms with Gasteiger partial charge in [0.2, 0.25) is 5.91 Å². The van der Waals surface area contributed by atoms with Crippen LogP contribution in [-0.2, 0) is 9.59 Å². The highest BCUT2D eigenvalue weighted by molar-refractivity contribution is 8.14. The Bertz CT molecular complexity index is 281. The summed E-state index contributed by atoms with van der Waals surface area (Å²) in [7, 11) is 1.39. The maximum Gasteiger partial charge on any atom is 0.323 e. The van der Waals surface area contributed by atoms with Gasteiger partial charge in [0.25, 0.3) is 5.24 Å². The van der Waals surface area contributed by atoms with Crippen molar-refractivity contribution in [3.8, 4) is 0 Å². The first-order valence-corrected chi connectivity index (χ1v) is 4.89. The summed E-state index contributed by atoms with van der Waals surface area (Å²) in [6.45, 7) is -0.351. The second kappa shape index (κ2) is 4.32. The maximum absolute atomic E-state index is 11.5. The van der Waals surface area contributed by atoms with Gasteiger partial charge in [0, 0.05) is 12.8 Å². The molecule has 0 spiro atoms. The van der Waals surface area contributed by atoms with E-state index in [2.05, 4.69) is 5.32 Å². The summed E-state index contributed by atoms with van der Waals surface area (Å²) in [6.07, 6.45) is 0. The summed E-state index contributed by atoms with van der Waals surface area (Å²) in [4.78, 5) is 33.6. The first-order valence-electron chi connectivity index (χ1n) is 3.90. The number of nitrogens with one attached hydrogen (secondary N) is 1. The van der Waals surface area contributed by atoms with Crippen LogP contribution >= 0.6 is 11.8 Å². The molecular weight excluding hydrogens is 208 g/mol. The molecule has 7 heteroatoms. The van der Waals surface area contributed by atoms with Crippen LogP contribution in [0.25, 0.3) is 0 Å². The molecule has 1 heterocycles. The molecule has 1 fully saturated rings. The Morgan fingerprint density at radius 1 is 1.71 bits per heavy atom. The third-order valence-corrected chi connectivity index (χ3v) is 2.60. The first-order chi connectivity index (χ1) is 6.50. The van der Waals surface area contributed by atoms with Crippen LogP contribution in [0.5, 0.6) is 0 Å². The molecule has 0 saturated carbocycles. The third kappa shape index (κ3) is 2.63. The second-order valence-electron chi connectivity index (χ2n) is 2.88. The Hall–Kier alpha value is -1.24. The van der Waals surface area contributed by atoms with Gasteiger partial charge in [0.15, 0.2) is 0 Å². The van der Waals surface area contributed by atoms with E-state index in [0.29, 0.717) is 5.75 Å². The van der Waals surface area contributed by atoms with Crippen molar-refractivity contribution in [3.63, 3.8) is 0 Å². The van der Waals surface area contributed by atoms with E-state index in [0.717, 1.165) is 16.7 Å². The van der Waals surface area contributed by atoms with E-state index >= 15 is 0 Å². The third-order valence-electron chi connectivity index (χ3n) is 1.72. The van der Waals surface area contributed by atoms with Crippen LogP contribution in [-0.4, -0.2) is 52.5 Å². The Kier molecular flexibility index (Phi) is 3.34. The van der Waals surface area contributed by atoms with Crippen LogP contribution in [0, 0.1) is 0 Å². The number of aliphatic carboxylic acids is 1. The molecule has 0 unspecified atom stereocenters. The monoisotopic (exact) mass is 218 g/mol. The van der Waals surface area contributed by atoms with Crippen LogP contribution < -0.4 is 5.32 Å². The van der Waals surface area contributed by atoms with Gasteiger partial charge in [-0.05, 0) is 0 Å². The lowest BCUT2D eigenvalue weighted by molar-refractivity contribution is -0.143. The number of rotatable bonds is 3. The summed E-state index contributed by atoms with van der Waals surface area (Å²) in [6, 6.07) is -0.586. The van der Waals surface area contributed by atoms with Crippen molar-refractivity contribution in [1.29, 1.82) is 0 Å². The standard InChI is InChI=1S/C7H10N2O4S/c1-9(2-5(10)11)6(12)4-3-14-7(13)8-4/h4H,2-3H2,1H3,(H,8,13)(H,10,11)/t4-/m0/s1. The summed E-state index contributed by atoms with van der Waals surface area (Å²) < 4.78 is 0. The number of hydrogen-bond acceptors (Lipinski definition) is 4. The number of nitrogens with zero attached hydrogens (tertiary/aromatic N) is 1. The van der Waals surface area contributed by atoms with Crippen molar-refractivity contribution in [2.75, 3.05) is 19.3 Å². The zero-order valence-corrected chi connectivity index (χ0v) is 8.34. The molecule has 2 N–H and O–H groups in total. The minimum atomic E-state index is -1.07. The van der Waals surface area contributed by atoms with Crippen LogP contribution in [0.2, 0.25) is 0 Å². The van der Waals surface area contributed by atoms with Crippen molar-refractivity contribution in [2.24, 2.45) is 0 Å². The molecule has 0 bridgehead atoms. The highest BCUT2D eigenvalue weighted by Gasteiger charge is 2.30. The van der Waals surface area contributed by atoms with Crippen molar-refractivity contribution in [3.05, 3.63) is 0 Å². The molecule has 78 valence electrons. The van der Waals surface area contributed by atoms with E-state index in [-0.39, 0.29) is 17.7 Å². The van der Waals surface area contributed by atoms with Gasteiger partial charge in [-0.2, -0.15) is 0 Å². The number of hydrogen-bond donors (Lipinski definition) is 2. The number of carboxylic acid groups (broad SMARTS) is 1. The van der Waals surface area contributed by atoms with Gasteiger partial charge >= 0.3 is 5.97 Å². The first kappa shape index (κ1) is 10.8.